The summed E-state index contributed by atoms with van der Waals surface area (Å²) in [5.74, 6) is -0.191. The zero-order valence-electron chi connectivity index (χ0n) is 14.9. The summed E-state index contributed by atoms with van der Waals surface area (Å²) >= 11 is 0. The number of carbonyl (C=O) groups is 1. The fourth-order valence-corrected chi connectivity index (χ4v) is 3.06. The van der Waals surface area contributed by atoms with Crippen LogP contribution in [0.2, 0.25) is 0 Å². The normalized spacial score (nSPS) is 13.0. The third-order valence-corrected chi connectivity index (χ3v) is 4.64. The average molecular weight is 351 g/mol. The van der Waals surface area contributed by atoms with Crippen LogP contribution in [0.25, 0.3) is 0 Å². The van der Waals surface area contributed by atoms with E-state index in [-0.39, 0.29) is 17.8 Å². The molecule has 134 valence electrons. The van der Waals surface area contributed by atoms with E-state index < -0.39 is 6.09 Å². The zero-order valence-corrected chi connectivity index (χ0v) is 14.9. The molecule has 2 aromatic rings. The smallest absolute Gasteiger partial charge is 0.407 e. The molecule has 5 heteroatoms. The largest absolute Gasteiger partial charge is 0.465 e. The summed E-state index contributed by atoms with van der Waals surface area (Å²) in [7, 11) is 5.70. The Labute approximate surface area is 155 Å². The molecular formula is C21H23BFNO2. The lowest BCUT2D eigenvalue weighted by atomic mass is 9.91. The Hall–Kier alpha value is -2.56. The van der Waals surface area contributed by atoms with Gasteiger partial charge in [-0.25, -0.2) is 9.18 Å². The lowest BCUT2D eigenvalue weighted by Crippen LogP contribution is -2.34. The Morgan fingerprint density at radius 1 is 1.19 bits per heavy atom. The molecule has 26 heavy (non-hydrogen) atoms. The van der Waals surface area contributed by atoms with E-state index in [9.17, 15) is 14.3 Å². The summed E-state index contributed by atoms with van der Waals surface area (Å²) in [6.07, 6.45) is 2.17. The molecule has 1 N–H and O–H groups in total. The minimum Gasteiger partial charge on any atom is -0.465 e. The number of nitrogens with zero attached hydrogens (tertiary/aromatic N) is 1. The van der Waals surface area contributed by atoms with E-state index in [1.807, 2.05) is 25.1 Å². The quantitative estimate of drug-likeness (QED) is 0.565. The van der Waals surface area contributed by atoms with Crippen LogP contribution in [0.1, 0.15) is 42.9 Å². The summed E-state index contributed by atoms with van der Waals surface area (Å²) in [4.78, 5) is 13.2. The molecule has 0 spiro atoms. The second kappa shape index (κ2) is 9.23. The highest BCUT2D eigenvalue weighted by Crippen LogP contribution is 2.27. The van der Waals surface area contributed by atoms with E-state index in [0.29, 0.717) is 24.8 Å². The second-order valence-electron chi connectivity index (χ2n) is 6.38. The number of halogens is 1. The van der Waals surface area contributed by atoms with E-state index in [1.165, 1.54) is 17.0 Å². The van der Waals surface area contributed by atoms with Crippen LogP contribution >= 0.6 is 0 Å². The van der Waals surface area contributed by atoms with E-state index in [1.54, 1.807) is 24.3 Å². The van der Waals surface area contributed by atoms with Crippen molar-refractivity contribution in [3.8, 4) is 0 Å². The van der Waals surface area contributed by atoms with Gasteiger partial charge in [0.05, 0.1) is 6.04 Å². The lowest BCUT2D eigenvalue weighted by molar-refractivity contribution is 0.126. The first-order chi connectivity index (χ1) is 12.4. The highest BCUT2D eigenvalue weighted by atomic mass is 19.1. The Morgan fingerprint density at radius 2 is 1.77 bits per heavy atom. The summed E-state index contributed by atoms with van der Waals surface area (Å²) in [6, 6.07) is 13.3. The van der Waals surface area contributed by atoms with Crippen molar-refractivity contribution in [3.63, 3.8) is 0 Å². The van der Waals surface area contributed by atoms with Gasteiger partial charge in [0.25, 0.3) is 0 Å². The van der Waals surface area contributed by atoms with E-state index >= 15 is 0 Å². The second-order valence-corrected chi connectivity index (χ2v) is 6.38. The number of rotatable bonds is 8. The predicted molar refractivity (Wildman–Crippen MR) is 104 cm³/mol. The van der Waals surface area contributed by atoms with Gasteiger partial charge in [-0.15, -0.1) is 6.58 Å². The zero-order chi connectivity index (χ0) is 19.1. The minimum atomic E-state index is -0.967. The molecule has 2 rings (SSSR count). The molecule has 0 saturated heterocycles. The molecule has 0 heterocycles. The van der Waals surface area contributed by atoms with Crippen molar-refractivity contribution >= 4 is 19.4 Å². The maximum absolute atomic E-state index is 13.2. The molecule has 1 amide bonds. The van der Waals surface area contributed by atoms with Gasteiger partial charge in [-0.2, -0.15) is 0 Å². The Balaban J connectivity index is 2.12. The first-order valence-electron chi connectivity index (χ1n) is 8.63. The fourth-order valence-electron chi connectivity index (χ4n) is 3.06. The molecule has 0 aliphatic heterocycles. The van der Waals surface area contributed by atoms with Crippen molar-refractivity contribution in [1.29, 1.82) is 0 Å². The van der Waals surface area contributed by atoms with Crippen LogP contribution in [-0.2, 0) is 0 Å². The molecular weight excluding hydrogens is 328 g/mol. The first kappa shape index (κ1) is 19.8. The van der Waals surface area contributed by atoms with Gasteiger partial charge in [0.1, 0.15) is 13.7 Å². The highest BCUT2D eigenvalue weighted by molar-refractivity contribution is 6.32. The van der Waals surface area contributed by atoms with Gasteiger partial charge in [0.2, 0.25) is 0 Å². The third-order valence-electron chi connectivity index (χ3n) is 4.64. The molecule has 0 unspecified atom stereocenters. The van der Waals surface area contributed by atoms with E-state index in [4.69, 9.17) is 7.85 Å². The Kier molecular flexibility index (Phi) is 7.02. The van der Waals surface area contributed by atoms with Crippen molar-refractivity contribution in [2.75, 3.05) is 6.54 Å². The van der Waals surface area contributed by atoms with Crippen LogP contribution in [0.15, 0.2) is 61.2 Å². The average Bonchev–Trinajstić information content (AvgIpc) is 2.62. The fraction of sp³-hybridized carbons (Fsp3) is 0.286. The van der Waals surface area contributed by atoms with Crippen LogP contribution in [0.5, 0.6) is 0 Å². The number of amides is 1. The molecule has 2 radical (unpaired) electrons. The van der Waals surface area contributed by atoms with Gasteiger partial charge in [-0.1, -0.05) is 47.9 Å². The van der Waals surface area contributed by atoms with Crippen LogP contribution < -0.4 is 5.46 Å². The van der Waals surface area contributed by atoms with Crippen LogP contribution in [0.4, 0.5) is 9.18 Å². The van der Waals surface area contributed by atoms with Crippen molar-refractivity contribution in [2.24, 2.45) is 0 Å². The SMILES string of the molecule is [B]c1ccc([C@H](C)N(CC[C@H](CC=C)c2ccc(F)cc2)C(=O)O)cc1. The van der Waals surface area contributed by atoms with Gasteiger partial charge in [-0.05, 0) is 48.9 Å². The van der Waals surface area contributed by atoms with E-state index in [0.717, 1.165) is 11.1 Å². The number of hydrogen-bond acceptors (Lipinski definition) is 1. The molecule has 0 saturated carbocycles. The van der Waals surface area contributed by atoms with Crippen LogP contribution in [0, 0.1) is 5.82 Å². The lowest BCUT2D eigenvalue weighted by Gasteiger charge is -2.28. The summed E-state index contributed by atoms with van der Waals surface area (Å²) in [6.45, 7) is 6.01. The monoisotopic (exact) mass is 351 g/mol. The molecule has 0 aliphatic carbocycles. The molecule has 0 aromatic heterocycles. The van der Waals surface area contributed by atoms with Gasteiger partial charge in [-0.3, -0.25) is 0 Å². The molecule has 2 aromatic carbocycles. The number of carboxylic acid groups (broad SMARTS) is 1. The third kappa shape index (κ3) is 5.22. The Bertz CT molecular complexity index is 731. The standard InChI is InChI=1S/C21H23BFNO2/c1-3-4-17(18-7-11-20(23)12-8-18)13-14-24(21(25)26)15(2)16-5-9-19(22)10-6-16/h3,5-12,15,17H,1,4,13-14H2,2H3,(H,25,26)/t15-,17-/m0/s1. The Morgan fingerprint density at radius 3 is 2.31 bits per heavy atom. The van der Waals surface area contributed by atoms with Crippen molar-refractivity contribution in [2.45, 2.75) is 31.7 Å². The van der Waals surface area contributed by atoms with Gasteiger partial charge in [0, 0.05) is 6.54 Å². The molecule has 3 nitrogen and oxygen atoms in total. The van der Waals surface area contributed by atoms with Gasteiger partial charge < -0.3 is 10.0 Å². The van der Waals surface area contributed by atoms with Crippen LogP contribution in [0.3, 0.4) is 0 Å². The number of allylic oxidation sites excluding steroid dienone is 1. The summed E-state index contributed by atoms with van der Waals surface area (Å²) < 4.78 is 13.2. The number of benzene rings is 2. The predicted octanol–water partition coefficient (Wildman–Crippen LogP) is 4.41. The van der Waals surface area contributed by atoms with Crippen molar-refractivity contribution < 1.29 is 14.3 Å². The highest BCUT2D eigenvalue weighted by Gasteiger charge is 2.22. The first-order valence-corrected chi connectivity index (χ1v) is 8.63. The summed E-state index contributed by atoms with van der Waals surface area (Å²) in [5, 5.41) is 9.64. The van der Waals surface area contributed by atoms with Gasteiger partial charge in [0.15, 0.2) is 0 Å². The molecule has 0 bridgehead atoms. The minimum absolute atomic E-state index is 0.0913. The number of hydrogen-bond donors (Lipinski definition) is 1. The summed E-state index contributed by atoms with van der Waals surface area (Å²) in [5.41, 5.74) is 2.52. The van der Waals surface area contributed by atoms with Crippen molar-refractivity contribution in [1.82, 2.24) is 4.90 Å². The molecule has 2 atom stereocenters. The van der Waals surface area contributed by atoms with Gasteiger partial charge >= 0.3 is 6.09 Å². The maximum atomic E-state index is 13.2. The van der Waals surface area contributed by atoms with Crippen molar-refractivity contribution in [3.05, 3.63) is 78.1 Å². The maximum Gasteiger partial charge on any atom is 0.407 e. The van der Waals surface area contributed by atoms with E-state index in [2.05, 4.69) is 6.58 Å². The molecule has 0 aliphatic rings. The molecule has 0 fully saturated rings. The van der Waals surface area contributed by atoms with Crippen LogP contribution in [-0.4, -0.2) is 30.5 Å². The topological polar surface area (TPSA) is 40.5 Å².